The first-order chi connectivity index (χ1) is 14.6. The van der Waals surface area contributed by atoms with Crippen LogP contribution in [0.1, 0.15) is 12.0 Å². The number of methoxy groups -OCH3 is 1. The molecule has 2 aromatic carbocycles. The SMILES string of the molecule is COc1cccc(N2CCN(C(=O)CCn3cnc4c(C)cccc4c3=O)CC2)c1. The molecule has 1 aromatic heterocycles. The second-order valence-electron chi connectivity index (χ2n) is 7.53. The maximum Gasteiger partial charge on any atom is 0.261 e. The molecule has 4 rings (SSSR count). The average Bonchev–Trinajstić information content (AvgIpc) is 2.79. The number of amides is 1. The van der Waals surface area contributed by atoms with E-state index in [1.807, 2.05) is 42.2 Å². The smallest absolute Gasteiger partial charge is 0.261 e. The standard InChI is InChI=1S/C23H26N4O3/c1-17-5-3-8-20-22(17)24-16-27(23(20)29)10-9-21(28)26-13-11-25(12-14-26)18-6-4-7-19(15-18)30-2/h3-8,15-16H,9-14H2,1-2H3. The Morgan fingerprint density at radius 1 is 1.10 bits per heavy atom. The number of anilines is 1. The number of carbonyl (C=O) groups is 1. The van der Waals surface area contributed by atoms with Gasteiger partial charge in [-0.25, -0.2) is 4.98 Å². The fourth-order valence-corrected chi connectivity index (χ4v) is 3.89. The molecule has 0 spiro atoms. The Hall–Kier alpha value is -3.35. The van der Waals surface area contributed by atoms with Crippen LogP contribution in [-0.2, 0) is 11.3 Å². The highest BCUT2D eigenvalue weighted by Crippen LogP contribution is 2.22. The Kier molecular flexibility index (Phi) is 5.70. The topological polar surface area (TPSA) is 67.7 Å². The zero-order valence-corrected chi connectivity index (χ0v) is 17.4. The molecule has 30 heavy (non-hydrogen) atoms. The molecule has 0 atom stereocenters. The van der Waals surface area contributed by atoms with Crippen molar-refractivity contribution in [3.8, 4) is 5.75 Å². The Balaban J connectivity index is 1.36. The molecule has 0 unspecified atom stereocenters. The number of ether oxygens (including phenoxy) is 1. The van der Waals surface area contributed by atoms with Crippen LogP contribution in [0.25, 0.3) is 10.9 Å². The van der Waals surface area contributed by atoms with Crippen LogP contribution < -0.4 is 15.2 Å². The van der Waals surface area contributed by atoms with Crippen molar-refractivity contribution in [2.45, 2.75) is 19.9 Å². The van der Waals surface area contributed by atoms with Gasteiger partial charge < -0.3 is 14.5 Å². The van der Waals surface area contributed by atoms with Gasteiger partial charge in [-0.3, -0.25) is 14.2 Å². The lowest BCUT2D eigenvalue weighted by Gasteiger charge is -2.36. The summed E-state index contributed by atoms with van der Waals surface area (Å²) in [5, 5.41) is 0.594. The highest BCUT2D eigenvalue weighted by molar-refractivity contribution is 5.80. The van der Waals surface area contributed by atoms with Crippen LogP contribution >= 0.6 is 0 Å². The molecule has 1 aliphatic heterocycles. The van der Waals surface area contributed by atoms with Crippen LogP contribution in [0, 0.1) is 6.92 Å². The van der Waals surface area contributed by atoms with Crippen molar-refractivity contribution in [1.82, 2.24) is 14.5 Å². The molecule has 0 aliphatic carbocycles. The predicted molar refractivity (Wildman–Crippen MR) is 117 cm³/mol. The molecule has 0 saturated carbocycles. The van der Waals surface area contributed by atoms with E-state index >= 15 is 0 Å². The molecule has 2 heterocycles. The molecule has 1 fully saturated rings. The first kappa shape index (κ1) is 19.9. The van der Waals surface area contributed by atoms with E-state index in [0.29, 0.717) is 25.0 Å². The number of carbonyl (C=O) groups excluding carboxylic acids is 1. The van der Waals surface area contributed by atoms with Crippen LogP contribution in [-0.4, -0.2) is 53.6 Å². The second-order valence-corrected chi connectivity index (χ2v) is 7.53. The molecule has 0 radical (unpaired) electrons. The summed E-state index contributed by atoms with van der Waals surface area (Å²) < 4.78 is 6.83. The van der Waals surface area contributed by atoms with E-state index in [9.17, 15) is 9.59 Å². The summed E-state index contributed by atoms with van der Waals surface area (Å²) in [5.74, 6) is 0.896. The number of para-hydroxylation sites is 1. The molecule has 7 heteroatoms. The average molecular weight is 406 g/mol. The van der Waals surface area contributed by atoms with Gasteiger partial charge in [-0.1, -0.05) is 18.2 Å². The van der Waals surface area contributed by atoms with Crippen LogP contribution in [0.4, 0.5) is 5.69 Å². The third-order valence-electron chi connectivity index (χ3n) is 5.67. The summed E-state index contributed by atoms with van der Waals surface area (Å²) in [4.78, 5) is 33.9. The zero-order chi connectivity index (χ0) is 21.1. The maximum atomic E-state index is 12.7. The Morgan fingerprint density at radius 2 is 1.87 bits per heavy atom. The number of rotatable bonds is 5. The molecule has 156 valence electrons. The summed E-state index contributed by atoms with van der Waals surface area (Å²) in [5.41, 5.74) is 2.70. The van der Waals surface area contributed by atoms with Crippen molar-refractivity contribution in [2.24, 2.45) is 0 Å². The van der Waals surface area contributed by atoms with Gasteiger partial charge in [-0.15, -0.1) is 0 Å². The largest absolute Gasteiger partial charge is 0.497 e. The van der Waals surface area contributed by atoms with Gasteiger partial charge in [-0.05, 0) is 30.7 Å². The van der Waals surface area contributed by atoms with Crippen LogP contribution in [0.2, 0.25) is 0 Å². The Labute approximate surface area is 175 Å². The second kappa shape index (κ2) is 8.57. The minimum atomic E-state index is -0.0978. The van der Waals surface area contributed by atoms with E-state index in [1.54, 1.807) is 19.5 Å². The lowest BCUT2D eigenvalue weighted by atomic mass is 10.1. The maximum absolute atomic E-state index is 12.7. The van der Waals surface area contributed by atoms with Crippen molar-refractivity contribution in [3.05, 3.63) is 64.7 Å². The van der Waals surface area contributed by atoms with Gasteiger partial charge in [0.2, 0.25) is 5.91 Å². The van der Waals surface area contributed by atoms with Gasteiger partial charge in [0, 0.05) is 50.9 Å². The number of aromatic nitrogens is 2. The number of hydrogen-bond acceptors (Lipinski definition) is 5. The number of benzene rings is 2. The Morgan fingerprint density at radius 3 is 2.63 bits per heavy atom. The van der Waals surface area contributed by atoms with Gasteiger partial charge in [0.1, 0.15) is 5.75 Å². The van der Waals surface area contributed by atoms with E-state index < -0.39 is 0 Å². The van der Waals surface area contributed by atoms with E-state index in [4.69, 9.17) is 4.74 Å². The van der Waals surface area contributed by atoms with Gasteiger partial charge in [0.05, 0.1) is 24.3 Å². The van der Waals surface area contributed by atoms with Crippen molar-refractivity contribution >= 4 is 22.5 Å². The van der Waals surface area contributed by atoms with Crippen molar-refractivity contribution in [2.75, 3.05) is 38.2 Å². The van der Waals surface area contributed by atoms with Crippen LogP contribution in [0.3, 0.4) is 0 Å². The summed E-state index contributed by atoms with van der Waals surface area (Å²) >= 11 is 0. The van der Waals surface area contributed by atoms with Crippen molar-refractivity contribution in [3.63, 3.8) is 0 Å². The highest BCUT2D eigenvalue weighted by Gasteiger charge is 2.21. The van der Waals surface area contributed by atoms with E-state index in [1.165, 1.54) is 4.57 Å². The molecular weight excluding hydrogens is 380 g/mol. The number of fused-ring (bicyclic) bond motifs is 1. The van der Waals surface area contributed by atoms with Crippen molar-refractivity contribution in [1.29, 1.82) is 0 Å². The first-order valence-corrected chi connectivity index (χ1v) is 10.2. The first-order valence-electron chi connectivity index (χ1n) is 10.2. The number of hydrogen-bond donors (Lipinski definition) is 0. The fourth-order valence-electron chi connectivity index (χ4n) is 3.89. The predicted octanol–water partition coefficient (Wildman–Crippen LogP) is 2.45. The fraction of sp³-hybridized carbons (Fsp3) is 0.348. The Bertz CT molecular complexity index is 1120. The van der Waals surface area contributed by atoms with Crippen LogP contribution in [0.15, 0.2) is 53.6 Å². The van der Waals surface area contributed by atoms with Gasteiger partial charge in [-0.2, -0.15) is 0 Å². The summed E-state index contributed by atoms with van der Waals surface area (Å²) in [6.45, 7) is 5.16. The monoisotopic (exact) mass is 406 g/mol. The minimum absolute atomic E-state index is 0.0662. The number of nitrogens with zero attached hydrogens (tertiary/aromatic N) is 4. The molecular formula is C23H26N4O3. The van der Waals surface area contributed by atoms with Crippen LogP contribution in [0.5, 0.6) is 5.75 Å². The number of piperazine rings is 1. The van der Waals surface area contributed by atoms with E-state index in [-0.39, 0.29) is 17.9 Å². The van der Waals surface area contributed by atoms with E-state index in [2.05, 4.69) is 16.0 Å². The lowest BCUT2D eigenvalue weighted by molar-refractivity contribution is -0.131. The lowest BCUT2D eigenvalue weighted by Crippen LogP contribution is -2.49. The number of aryl methyl sites for hydroxylation is 2. The van der Waals surface area contributed by atoms with E-state index in [0.717, 1.165) is 35.6 Å². The summed E-state index contributed by atoms with van der Waals surface area (Å²) in [6, 6.07) is 13.6. The molecule has 1 amide bonds. The molecule has 1 aliphatic rings. The quantitative estimate of drug-likeness (QED) is 0.651. The summed E-state index contributed by atoms with van der Waals surface area (Å²) in [6.07, 6.45) is 1.84. The molecule has 1 saturated heterocycles. The van der Waals surface area contributed by atoms with Gasteiger partial charge in [0.15, 0.2) is 0 Å². The molecule has 0 N–H and O–H groups in total. The molecule has 3 aromatic rings. The zero-order valence-electron chi connectivity index (χ0n) is 17.4. The highest BCUT2D eigenvalue weighted by atomic mass is 16.5. The van der Waals surface area contributed by atoms with Gasteiger partial charge >= 0.3 is 0 Å². The van der Waals surface area contributed by atoms with Crippen molar-refractivity contribution < 1.29 is 9.53 Å². The molecule has 0 bridgehead atoms. The minimum Gasteiger partial charge on any atom is -0.497 e. The van der Waals surface area contributed by atoms with Gasteiger partial charge in [0.25, 0.3) is 5.56 Å². The third-order valence-corrected chi connectivity index (χ3v) is 5.67. The third kappa shape index (κ3) is 4.01. The normalized spacial score (nSPS) is 14.2. The molecule has 7 nitrogen and oxygen atoms in total. The summed E-state index contributed by atoms with van der Waals surface area (Å²) in [7, 11) is 1.66.